The highest BCUT2D eigenvalue weighted by molar-refractivity contribution is 5.13. The highest BCUT2D eigenvalue weighted by Gasteiger charge is 2.44. The van der Waals surface area contributed by atoms with Crippen LogP contribution in [-0.2, 0) is 16.1 Å². The minimum atomic E-state index is -1.30. The molecule has 23 heavy (non-hydrogen) atoms. The van der Waals surface area contributed by atoms with Gasteiger partial charge in [-0.05, 0) is 18.0 Å². The van der Waals surface area contributed by atoms with E-state index in [2.05, 4.69) is 19.2 Å². The lowest BCUT2D eigenvalue weighted by Gasteiger charge is -2.40. The second-order valence-electron chi connectivity index (χ2n) is 6.36. The third kappa shape index (κ3) is 5.24. The molecule has 4 N–H and O–H groups in total. The number of rotatable bonds is 7. The summed E-state index contributed by atoms with van der Waals surface area (Å²) in [5, 5.41) is 33.3. The molecule has 0 aliphatic carbocycles. The number of ether oxygens (including phenoxy) is 2. The molecule has 0 spiro atoms. The maximum atomic E-state index is 10.0. The van der Waals surface area contributed by atoms with Gasteiger partial charge < -0.3 is 30.1 Å². The van der Waals surface area contributed by atoms with E-state index in [-0.39, 0.29) is 6.61 Å². The van der Waals surface area contributed by atoms with E-state index < -0.39 is 30.7 Å². The first-order valence-corrected chi connectivity index (χ1v) is 8.05. The van der Waals surface area contributed by atoms with Gasteiger partial charge in [-0.25, -0.2) is 0 Å². The maximum Gasteiger partial charge on any atom is 0.186 e. The van der Waals surface area contributed by atoms with E-state index in [1.807, 2.05) is 30.3 Å². The minimum Gasteiger partial charge on any atom is -0.388 e. The normalized spacial score (nSPS) is 31.5. The molecule has 5 atom stereocenters. The smallest absolute Gasteiger partial charge is 0.186 e. The molecule has 2 rings (SSSR count). The Bertz CT molecular complexity index is 456. The van der Waals surface area contributed by atoms with Crippen molar-refractivity contribution < 1.29 is 24.8 Å². The van der Waals surface area contributed by atoms with Gasteiger partial charge in [0, 0.05) is 6.54 Å². The number of aliphatic hydroxyl groups is 3. The number of nitrogens with one attached hydrogen (secondary N) is 1. The van der Waals surface area contributed by atoms with Crippen LogP contribution in [0.5, 0.6) is 0 Å². The fraction of sp³-hybridized carbons (Fsp3) is 0.647. The van der Waals surface area contributed by atoms with E-state index >= 15 is 0 Å². The van der Waals surface area contributed by atoms with Gasteiger partial charge in [-0.3, -0.25) is 0 Å². The molecule has 0 amide bonds. The molecule has 6 heteroatoms. The van der Waals surface area contributed by atoms with Crippen LogP contribution in [0.25, 0.3) is 0 Å². The Morgan fingerprint density at radius 1 is 1.09 bits per heavy atom. The van der Waals surface area contributed by atoms with Crippen molar-refractivity contribution in [2.24, 2.45) is 5.92 Å². The molecule has 1 fully saturated rings. The van der Waals surface area contributed by atoms with Crippen molar-refractivity contribution >= 4 is 0 Å². The van der Waals surface area contributed by atoms with Gasteiger partial charge in [0.1, 0.15) is 24.4 Å². The van der Waals surface area contributed by atoms with E-state index in [0.29, 0.717) is 12.5 Å². The molecule has 0 radical (unpaired) electrons. The van der Waals surface area contributed by atoms with Crippen LogP contribution in [0.2, 0.25) is 0 Å². The van der Waals surface area contributed by atoms with Crippen molar-refractivity contribution in [3.05, 3.63) is 35.9 Å². The highest BCUT2D eigenvalue weighted by Crippen LogP contribution is 2.22. The largest absolute Gasteiger partial charge is 0.388 e. The molecule has 1 aromatic carbocycles. The molecular formula is C17H27NO5. The molecule has 1 heterocycles. The van der Waals surface area contributed by atoms with Crippen molar-refractivity contribution in [2.75, 3.05) is 13.1 Å². The Kier molecular flexibility index (Phi) is 6.95. The monoisotopic (exact) mass is 325 g/mol. The molecule has 0 unspecified atom stereocenters. The molecule has 1 aliphatic heterocycles. The van der Waals surface area contributed by atoms with Crippen molar-refractivity contribution in [1.29, 1.82) is 0 Å². The van der Waals surface area contributed by atoms with Crippen LogP contribution in [0.3, 0.4) is 0 Å². The van der Waals surface area contributed by atoms with E-state index in [9.17, 15) is 15.3 Å². The summed E-state index contributed by atoms with van der Waals surface area (Å²) in [7, 11) is 0. The van der Waals surface area contributed by atoms with Crippen molar-refractivity contribution in [3.63, 3.8) is 0 Å². The van der Waals surface area contributed by atoms with Crippen molar-refractivity contribution in [2.45, 2.75) is 51.2 Å². The van der Waals surface area contributed by atoms with Crippen LogP contribution in [0.1, 0.15) is 19.4 Å². The number of benzene rings is 1. The second-order valence-corrected chi connectivity index (χ2v) is 6.36. The number of hydrogen-bond acceptors (Lipinski definition) is 6. The molecule has 1 aliphatic rings. The summed E-state index contributed by atoms with van der Waals surface area (Å²) in [5.41, 5.74) is 0.943. The zero-order chi connectivity index (χ0) is 16.8. The van der Waals surface area contributed by atoms with Gasteiger partial charge >= 0.3 is 0 Å². The zero-order valence-corrected chi connectivity index (χ0v) is 13.6. The van der Waals surface area contributed by atoms with Crippen molar-refractivity contribution in [1.82, 2.24) is 5.32 Å². The quantitative estimate of drug-likeness (QED) is 0.575. The van der Waals surface area contributed by atoms with Gasteiger partial charge in [0.05, 0.1) is 6.61 Å². The highest BCUT2D eigenvalue weighted by atomic mass is 16.7. The molecule has 0 aromatic heterocycles. The predicted molar refractivity (Wildman–Crippen MR) is 85.6 cm³/mol. The van der Waals surface area contributed by atoms with Gasteiger partial charge in [0.2, 0.25) is 0 Å². The summed E-state index contributed by atoms with van der Waals surface area (Å²) in [5.74, 6) is 0.469. The van der Waals surface area contributed by atoms with Crippen LogP contribution >= 0.6 is 0 Å². The average Bonchev–Trinajstić information content (AvgIpc) is 2.54. The van der Waals surface area contributed by atoms with Gasteiger partial charge in [-0.2, -0.15) is 0 Å². The van der Waals surface area contributed by atoms with Crippen molar-refractivity contribution in [3.8, 4) is 0 Å². The summed E-state index contributed by atoms with van der Waals surface area (Å²) >= 11 is 0. The van der Waals surface area contributed by atoms with Crippen LogP contribution in [0, 0.1) is 5.92 Å². The van der Waals surface area contributed by atoms with Gasteiger partial charge in [0.15, 0.2) is 6.29 Å². The number of hydrogen-bond donors (Lipinski definition) is 4. The summed E-state index contributed by atoms with van der Waals surface area (Å²) < 4.78 is 11.2. The Labute approximate surface area is 137 Å². The average molecular weight is 325 g/mol. The topological polar surface area (TPSA) is 91.2 Å². The SMILES string of the molecule is CC(C)CNC[C@H]1O[C@H](OCc2ccccc2)[C@@H](O)[C@@H](O)[C@@H]1O. The van der Waals surface area contributed by atoms with Crippen LogP contribution in [0.15, 0.2) is 30.3 Å². The third-order valence-electron chi connectivity index (χ3n) is 3.82. The predicted octanol–water partition coefficient (Wildman–Crippen LogP) is 0.256. The second kappa shape index (κ2) is 8.73. The van der Waals surface area contributed by atoms with E-state index in [4.69, 9.17) is 9.47 Å². The van der Waals surface area contributed by atoms with E-state index in [1.54, 1.807) is 0 Å². The summed E-state index contributed by atoms with van der Waals surface area (Å²) in [6.45, 7) is 5.58. The van der Waals surface area contributed by atoms with Gasteiger partial charge in [-0.15, -0.1) is 0 Å². The van der Waals surface area contributed by atoms with Crippen LogP contribution < -0.4 is 5.32 Å². The zero-order valence-electron chi connectivity index (χ0n) is 13.6. The summed E-state index contributed by atoms with van der Waals surface area (Å²) in [4.78, 5) is 0. The molecule has 0 bridgehead atoms. The minimum absolute atomic E-state index is 0.261. The standard InChI is InChI=1S/C17H27NO5/c1-11(2)8-18-9-13-14(19)15(20)16(21)17(23-13)22-10-12-6-4-3-5-7-12/h3-7,11,13-21H,8-10H2,1-2H3/t13-,14-,15+,16+,17+/m1/s1. The molecule has 6 nitrogen and oxygen atoms in total. The molecule has 1 aromatic rings. The first-order valence-electron chi connectivity index (χ1n) is 8.05. The molecule has 130 valence electrons. The Hall–Kier alpha value is -1.02. The van der Waals surface area contributed by atoms with Gasteiger partial charge in [-0.1, -0.05) is 44.2 Å². The Morgan fingerprint density at radius 2 is 1.78 bits per heavy atom. The third-order valence-corrected chi connectivity index (χ3v) is 3.82. The number of aliphatic hydroxyl groups excluding tert-OH is 3. The fourth-order valence-corrected chi connectivity index (χ4v) is 2.49. The maximum absolute atomic E-state index is 10.0. The van der Waals surface area contributed by atoms with E-state index in [0.717, 1.165) is 12.1 Å². The first-order chi connectivity index (χ1) is 11.0. The Morgan fingerprint density at radius 3 is 2.43 bits per heavy atom. The Balaban J connectivity index is 1.90. The lowest BCUT2D eigenvalue weighted by molar-refractivity contribution is -0.298. The summed E-state index contributed by atoms with van der Waals surface area (Å²) in [6, 6.07) is 9.51. The summed E-state index contributed by atoms with van der Waals surface area (Å²) in [6.07, 6.45) is -5.33. The van der Waals surface area contributed by atoms with Gasteiger partial charge in [0.25, 0.3) is 0 Å². The molecule has 0 saturated carbocycles. The van der Waals surface area contributed by atoms with E-state index in [1.165, 1.54) is 0 Å². The fourth-order valence-electron chi connectivity index (χ4n) is 2.49. The lowest BCUT2D eigenvalue weighted by atomic mass is 9.98. The molecular weight excluding hydrogens is 298 g/mol. The first kappa shape index (κ1) is 18.3. The lowest BCUT2D eigenvalue weighted by Crippen LogP contribution is -2.60. The van der Waals surface area contributed by atoms with Crippen LogP contribution in [-0.4, -0.2) is 59.1 Å². The molecule has 1 saturated heterocycles. The van der Waals surface area contributed by atoms with Crippen LogP contribution in [0.4, 0.5) is 0 Å².